The molecule has 2 radical (unpaired) electrons. The molecule has 1 atom stereocenters. The van der Waals surface area contributed by atoms with Crippen molar-refractivity contribution in [3.8, 4) is 0 Å². The number of hydrogen-bond donors (Lipinski definition) is 2. The van der Waals surface area contributed by atoms with Gasteiger partial charge in [-0.25, -0.2) is 0 Å². The zero-order chi connectivity index (χ0) is 6.41. The summed E-state index contributed by atoms with van der Waals surface area (Å²) in [6.45, 7) is 0.743. The monoisotopic (exact) mass is 112 g/mol. The Kier molecular flexibility index (Phi) is 5.12. The van der Waals surface area contributed by atoms with Crippen LogP contribution in [0.5, 0.6) is 0 Å². The number of nitrogens with two attached hydrogens (primary N) is 2. The summed E-state index contributed by atoms with van der Waals surface area (Å²) in [7, 11) is 5.27. The van der Waals surface area contributed by atoms with Crippen molar-refractivity contribution < 1.29 is 0 Å². The van der Waals surface area contributed by atoms with Crippen LogP contribution in [0, 0.1) is 0 Å². The van der Waals surface area contributed by atoms with E-state index in [1.54, 1.807) is 0 Å². The van der Waals surface area contributed by atoms with Crippen molar-refractivity contribution in [1.82, 2.24) is 0 Å². The van der Waals surface area contributed by atoms with Crippen molar-refractivity contribution in [3.63, 3.8) is 0 Å². The summed E-state index contributed by atoms with van der Waals surface area (Å²) in [4.78, 5) is 0. The van der Waals surface area contributed by atoms with Gasteiger partial charge in [0.25, 0.3) is 0 Å². The number of unbranched alkanes of at least 4 members (excludes halogenated alkanes) is 1. The lowest BCUT2D eigenvalue weighted by molar-refractivity contribution is 0.667. The first-order valence-corrected chi connectivity index (χ1v) is 2.98. The Morgan fingerprint density at radius 2 is 2.00 bits per heavy atom. The van der Waals surface area contributed by atoms with E-state index in [2.05, 4.69) is 0 Å². The molecule has 0 aliphatic heterocycles. The second kappa shape index (κ2) is 5.13. The van der Waals surface area contributed by atoms with E-state index < -0.39 is 0 Å². The standard InChI is InChI=1S/C5H13BN2/c6-5(8)3-1-2-4-7/h5H,1-4,7-8H2/t5-/m0/s1. The van der Waals surface area contributed by atoms with Crippen molar-refractivity contribution in [1.29, 1.82) is 0 Å². The van der Waals surface area contributed by atoms with Crippen LogP contribution in [0.2, 0.25) is 0 Å². The van der Waals surface area contributed by atoms with Gasteiger partial charge in [-0.3, -0.25) is 0 Å². The molecule has 0 rings (SSSR count). The Morgan fingerprint density at radius 1 is 1.38 bits per heavy atom. The average Bonchev–Trinajstić information content (AvgIpc) is 1.66. The summed E-state index contributed by atoms with van der Waals surface area (Å²) in [6, 6.07) is 0. The maximum atomic E-state index is 5.27. The van der Waals surface area contributed by atoms with Crippen LogP contribution in [0.15, 0.2) is 0 Å². The highest BCUT2D eigenvalue weighted by Crippen LogP contribution is 1.93. The van der Waals surface area contributed by atoms with Crippen LogP contribution < -0.4 is 11.5 Å². The maximum Gasteiger partial charge on any atom is 0.0903 e. The molecular formula is C5H13BN2. The summed E-state index contributed by atoms with van der Waals surface area (Å²) >= 11 is 0. The predicted octanol–water partition coefficient (Wildman–Crippen LogP) is -0.431. The van der Waals surface area contributed by atoms with Crippen molar-refractivity contribution in [3.05, 3.63) is 0 Å². The second-order valence-corrected chi connectivity index (χ2v) is 1.95. The summed E-state index contributed by atoms with van der Waals surface area (Å²) in [5.74, 6) is -0.151. The summed E-state index contributed by atoms with van der Waals surface area (Å²) in [5.41, 5.74) is 10.5. The van der Waals surface area contributed by atoms with Gasteiger partial charge < -0.3 is 11.5 Å². The Morgan fingerprint density at radius 3 is 2.38 bits per heavy atom. The molecule has 0 unspecified atom stereocenters. The van der Waals surface area contributed by atoms with Crippen LogP contribution in [0.4, 0.5) is 0 Å². The SMILES string of the molecule is [B][C@@H](N)CCCCN. The van der Waals surface area contributed by atoms with E-state index in [0.717, 1.165) is 25.8 Å². The van der Waals surface area contributed by atoms with Crippen LogP contribution in [0.3, 0.4) is 0 Å². The fourth-order valence-corrected chi connectivity index (χ4v) is 0.524. The molecule has 0 amide bonds. The molecule has 3 heteroatoms. The quantitative estimate of drug-likeness (QED) is 0.383. The van der Waals surface area contributed by atoms with Crippen molar-refractivity contribution in [2.45, 2.75) is 25.2 Å². The van der Waals surface area contributed by atoms with Gasteiger partial charge in [0.1, 0.15) is 0 Å². The van der Waals surface area contributed by atoms with Gasteiger partial charge in [0, 0.05) is 0 Å². The molecule has 0 aromatic rings. The topological polar surface area (TPSA) is 52.0 Å². The largest absolute Gasteiger partial charge is 0.336 e. The highest BCUT2D eigenvalue weighted by molar-refractivity contribution is 6.11. The fraction of sp³-hybridized carbons (Fsp3) is 1.00. The van der Waals surface area contributed by atoms with E-state index in [-0.39, 0.29) is 5.94 Å². The van der Waals surface area contributed by atoms with Gasteiger partial charge in [0.2, 0.25) is 0 Å². The van der Waals surface area contributed by atoms with Crippen molar-refractivity contribution in [2.75, 3.05) is 6.54 Å². The second-order valence-electron chi connectivity index (χ2n) is 1.95. The van der Waals surface area contributed by atoms with Crippen LogP contribution in [-0.2, 0) is 0 Å². The summed E-state index contributed by atoms with van der Waals surface area (Å²) < 4.78 is 0. The summed E-state index contributed by atoms with van der Waals surface area (Å²) in [6.07, 6.45) is 2.97. The lowest BCUT2D eigenvalue weighted by Crippen LogP contribution is -2.19. The normalized spacial score (nSPS) is 13.8. The van der Waals surface area contributed by atoms with Crippen LogP contribution >= 0.6 is 0 Å². The van der Waals surface area contributed by atoms with Crippen LogP contribution in [0.25, 0.3) is 0 Å². The van der Waals surface area contributed by atoms with E-state index in [1.165, 1.54) is 0 Å². The van der Waals surface area contributed by atoms with E-state index in [4.69, 9.17) is 19.3 Å². The molecule has 0 saturated heterocycles. The van der Waals surface area contributed by atoms with Gasteiger partial charge >= 0.3 is 0 Å². The third kappa shape index (κ3) is 5.98. The van der Waals surface area contributed by atoms with Gasteiger partial charge in [-0.15, -0.1) is 0 Å². The minimum atomic E-state index is -0.151. The molecule has 8 heavy (non-hydrogen) atoms. The van der Waals surface area contributed by atoms with Crippen LogP contribution in [0.1, 0.15) is 19.3 Å². The van der Waals surface area contributed by atoms with E-state index in [9.17, 15) is 0 Å². The smallest absolute Gasteiger partial charge is 0.0903 e. The molecule has 0 aromatic carbocycles. The molecule has 0 heterocycles. The van der Waals surface area contributed by atoms with E-state index in [0.29, 0.717) is 0 Å². The van der Waals surface area contributed by atoms with E-state index >= 15 is 0 Å². The first-order valence-electron chi connectivity index (χ1n) is 2.98. The van der Waals surface area contributed by atoms with Gasteiger partial charge in [0.05, 0.1) is 7.85 Å². The Labute approximate surface area is 52.0 Å². The van der Waals surface area contributed by atoms with Gasteiger partial charge in [0.15, 0.2) is 0 Å². The molecule has 0 saturated carbocycles. The zero-order valence-corrected chi connectivity index (χ0v) is 5.14. The minimum absolute atomic E-state index is 0.151. The molecule has 0 aliphatic rings. The predicted molar refractivity (Wildman–Crippen MR) is 36.6 cm³/mol. The molecule has 0 aromatic heterocycles. The van der Waals surface area contributed by atoms with Crippen LogP contribution in [-0.4, -0.2) is 20.3 Å². The third-order valence-corrected chi connectivity index (χ3v) is 0.992. The highest BCUT2D eigenvalue weighted by atomic mass is 14.6. The maximum absolute atomic E-state index is 5.27. The van der Waals surface area contributed by atoms with Gasteiger partial charge in [-0.2, -0.15) is 0 Å². The Hall–Kier alpha value is -0.0151. The fourth-order valence-electron chi connectivity index (χ4n) is 0.524. The Bertz CT molecular complexity index is 47.7. The van der Waals surface area contributed by atoms with Gasteiger partial charge in [-0.1, -0.05) is 6.42 Å². The summed E-state index contributed by atoms with van der Waals surface area (Å²) in [5, 5.41) is 0. The van der Waals surface area contributed by atoms with Crippen molar-refractivity contribution >= 4 is 7.85 Å². The van der Waals surface area contributed by atoms with E-state index in [1.807, 2.05) is 0 Å². The minimum Gasteiger partial charge on any atom is -0.336 e. The molecule has 0 fully saturated rings. The highest BCUT2D eigenvalue weighted by Gasteiger charge is 1.90. The molecule has 0 bridgehead atoms. The van der Waals surface area contributed by atoms with Gasteiger partial charge in [-0.05, 0) is 25.3 Å². The molecule has 0 aliphatic carbocycles. The zero-order valence-electron chi connectivity index (χ0n) is 5.14. The molecule has 46 valence electrons. The number of rotatable bonds is 4. The molecule has 0 spiro atoms. The first kappa shape index (κ1) is 7.98. The number of hydrogen-bond acceptors (Lipinski definition) is 2. The molecule has 4 N–H and O–H groups in total. The lowest BCUT2D eigenvalue weighted by Gasteiger charge is -2.01. The third-order valence-electron chi connectivity index (χ3n) is 0.992. The first-order chi connectivity index (χ1) is 3.77. The Balaban J connectivity index is 2.72. The molecule has 2 nitrogen and oxygen atoms in total. The average molecular weight is 112 g/mol. The van der Waals surface area contributed by atoms with Crippen molar-refractivity contribution in [2.24, 2.45) is 11.5 Å². The molecular weight excluding hydrogens is 98.9 g/mol. The lowest BCUT2D eigenvalue weighted by atomic mass is 9.92.